The average molecular weight is 368 g/mol. The van der Waals surface area contributed by atoms with Gasteiger partial charge < -0.3 is 10.5 Å². The van der Waals surface area contributed by atoms with Crippen molar-refractivity contribution >= 4 is 39.9 Å². The third-order valence-electron chi connectivity index (χ3n) is 3.51. The second-order valence-corrected chi connectivity index (χ2v) is 7.85. The maximum Gasteiger partial charge on any atom is 0.341 e. The van der Waals surface area contributed by atoms with Crippen molar-refractivity contribution in [3.8, 4) is 5.75 Å². The van der Waals surface area contributed by atoms with Gasteiger partial charge >= 0.3 is 5.97 Å². The molecule has 2 aromatic rings. The van der Waals surface area contributed by atoms with E-state index < -0.39 is 22.8 Å². The van der Waals surface area contributed by atoms with E-state index in [1.807, 2.05) is 0 Å². The van der Waals surface area contributed by atoms with E-state index >= 15 is 0 Å². The fourth-order valence-corrected chi connectivity index (χ4v) is 2.73. The number of anilines is 1. The molecule has 0 saturated carbocycles. The van der Waals surface area contributed by atoms with Gasteiger partial charge in [0.2, 0.25) is 0 Å². The number of esters is 1. The number of rotatable bonds is 4. The fraction of sp³-hybridized carbons (Fsp3) is 0.312. The zero-order chi connectivity index (χ0) is 18.0. The highest BCUT2D eigenvalue weighted by Gasteiger charge is 2.53. The number of halogens is 1. The van der Waals surface area contributed by atoms with Crippen LogP contribution in [-0.4, -0.2) is 22.4 Å². The van der Waals surface area contributed by atoms with Crippen LogP contribution in [0.3, 0.4) is 0 Å². The molecule has 0 fully saturated rings. The lowest BCUT2D eigenvalue weighted by Crippen LogP contribution is -2.66. The van der Waals surface area contributed by atoms with Gasteiger partial charge in [0, 0.05) is 0 Å². The van der Waals surface area contributed by atoms with E-state index in [9.17, 15) is 9.59 Å². The molecular formula is C16H18ClN3O3S. The maximum absolute atomic E-state index is 12.7. The van der Waals surface area contributed by atoms with Crippen LogP contribution in [0, 0.1) is 5.41 Å². The minimum Gasteiger partial charge on any atom is -0.425 e. The number of nitrogens with zero attached hydrogens (tertiary/aromatic N) is 1. The fourth-order valence-electron chi connectivity index (χ4n) is 1.92. The number of nitrogens with one attached hydrogen (secondary N) is 1. The molecule has 24 heavy (non-hydrogen) atoms. The number of para-hydroxylation sites is 1. The maximum atomic E-state index is 12.7. The minimum absolute atomic E-state index is 0.261. The van der Waals surface area contributed by atoms with Crippen molar-refractivity contribution in [3.05, 3.63) is 40.9 Å². The number of ether oxygens (including phenoxy) is 1. The Morgan fingerprint density at radius 1 is 1.25 bits per heavy atom. The Kier molecular flexibility index (Phi) is 5.27. The van der Waals surface area contributed by atoms with Crippen LogP contribution in [0.4, 0.5) is 5.13 Å². The van der Waals surface area contributed by atoms with Crippen LogP contribution in [0.5, 0.6) is 5.75 Å². The first-order chi connectivity index (χ1) is 11.1. The molecule has 0 spiro atoms. The van der Waals surface area contributed by atoms with Crippen molar-refractivity contribution in [1.29, 1.82) is 0 Å². The van der Waals surface area contributed by atoms with Crippen molar-refractivity contribution < 1.29 is 14.3 Å². The molecule has 1 heterocycles. The summed E-state index contributed by atoms with van der Waals surface area (Å²) in [6, 6.07) is 8.44. The first kappa shape index (κ1) is 18.4. The van der Waals surface area contributed by atoms with Crippen LogP contribution in [0.1, 0.15) is 20.8 Å². The Morgan fingerprint density at radius 2 is 1.88 bits per heavy atom. The number of thiazole rings is 1. The molecule has 0 aliphatic heterocycles. The van der Waals surface area contributed by atoms with E-state index in [1.165, 1.54) is 6.20 Å². The second kappa shape index (κ2) is 6.88. The predicted molar refractivity (Wildman–Crippen MR) is 94.2 cm³/mol. The third-order valence-corrected chi connectivity index (χ3v) is 4.55. The molecule has 1 atom stereocenters. The molecular weight excluding hydrogens is 350 g/mol. The van der Waals surface area contributed by atoms with Gasteiger partial charge in [-0.05, 0) is 17.5 Å². The molecule has 128 valence electrons. The number of aromatic nitrogens is 1. The van der Waals surface area contributed by atoms with E-state index in [1.54, 1.807) is 51.1 Å². The SMILES string of the molecule is CC(C)(C)C(N)(C(=O)Nc1ncc(Cl)s1)C(=O)Oc1ccccc1. The molecule has 6 nitrogen and oxygen atoms in total. The number of amides is 1. The zero-order valence-corrected chi connectivity index (χ0v) is 15.1. The lowest BCUT2D eigenvalue weighted by Gasteiger charge is -2.37. The quantitative estimate of drug-likeness (QED) is 0.492. The summed E-state index contributed by atoms with van der Waals surface area (Å²) in [7, 11) is 0. The van der Waals surface area contributed by atoms with Gasteiger partial charge in [0.15, 0.2) is 10.7 Å². The average Bonchev–Trinajstić information content (AvgIpc) is 2.91. The van der Waals surface area contributed by atoms with Crippen molar-refractivity contribution in [1.82, 2.24) is 4.98 Å². The smallest absolute Gasteiger partial charge is 0.341 e. The van der Waals surface area contributed by atoms with Crippen LogP contribution >= 0.6 is 22.9 Å². The Labute approximate surface area is 149 Å². The summed E-state index contributed by atoms with van der Waals surface area (Å²) in [5.74, 6) is -1.24. The first-order valence-electron chi connectivity index (χ1n) is 7.13. The third kappa shape index (κ3) is 3.75. The van der Waals surface area contributed by atoms with E-state index in [-0.39, 0.29) is 5.13 Å². The molecule has 0 radical (unpaired) electrons. The molecule has 1 unspecified atom stereocenters. The van der Waals surface area contributed by atoms with Crippen molar-refractivity contribution in [2.45, 2.75) is 26.3 Å². The number of carbonyl (C=O) groups is 2. The Balaban J connectivity index is 2.28. The molecule has 1 aromatic heterocycles. The zero-order valence-electron chi connectivity index (χ0n) is 13.5. The highest BCUT2D eigenvalue weighted by Crippen LogP contribution is 2.32. The van der Waals surface area contributed by atoms with Crippen LogP contribution in [-0.2, 0) is 9.59 Å². The minimum atomic E-state index is -1.92. The molecule has 0 aliphatic rings. The molecule has 0 bridgehead atoms. The number of hydrogen-bond acceptors (Lipinski definition) is 6. The van der Waals surface area contributed by atoms with Crippen molar-refractivity contribution in [2.75, 3.05) is 5.32 Å². The molecule has 1 amide bonds. The Morgan fingerprint density at radius 3 is 2.38 bits per heavy atom. The number of hydrogen-bond donors (Lipinski definition) is 2. The number of benzene rings is 1. The van der Waals surface area contributed by atoms with E-state index in [4.69, 9.17) is 22.1 Å². The van der Waals surface area contributed by atoms with Crippen molar-refractivity contribution in [3.63, 3.8) is 0 Å². The number of nitrogens with two attached hydrogens (primary N) is 1. The van der Waals surface area contributed by atoms with Crippen LogP contribution in [0.2, 0.25) is 4.34 Å². The Hall–Kier alpha value is -1.96. The predicted octanol–water partition coefficient (Wildman–Crippen LogP) is 3.08. The summed E-state index contributed by atoms with van der Waals surface area (Å²) >= 11 is 6.87. The van der Waals surface area contributed by atoms with Gasteiger partial charge in [-0.3, -0.25) is 10.1 Å². The summed E-state index contributed by atoms with van der Waals surface area (Å²) in [5, 5.41) is 2.80. The van der Waals surface area contributed by atoms with E-state index in [0.29, 0.717) is 10.1 Å². The largest absolute Gasteiger partial charge is 0.425 e. The van der Waals surface area contributed by atoms with Gasteiger partial charge in [-0.2, -0.15) is 0 Å². The van der Waals surface area contributed by atoms with Crippen LogP contribution < -0.4 is 15.8 Å². The van der Waals surface area contributed by atoms with Gasteiger partial charge in [0.05, 0.1) is 6.20 Å². The number of carbonyl (C=O) groups excluding carboxylic acids is 2. The van der Waals surface area contributed by atoms with Crippen molar-refractivity contribution in [2.24, 2.45) is 11.1 Å². The highest BCUT2D eigenvalue weighted by molar-refractivity contribution is 7.19. The van der Waals surface area contributed by atoms with Gasteiger partial charge in [0.25, 0.3) is 5.91 Å². The highest BCUT2D eigenvalue weighted by atomic mass is 35.5. The van der Waals surface area contributed by atoms with E-state index in [0.717, 1.165) is 11.3 Å². The monoisotopic (exact) mass is 367 g/mol. The van der Waals surface area contributed by atoms with Gasteiger partial charge in [-0.1, -0.05) is 61.9 Å². The Bertz CT molecular complexity index is 743. The summed E-state index contributed by atoms with van der Waals surface area (Å²) in [5.41, 5.74) is 3.41. The van der Waals surface area contributed by atoms with Gasteiger partial charge in [0.1, 0.15) is 10.1 Å². The molecule has 2 rings (SSSR count). The lowest BCUT2D eigenvalue weighted by atomic mass is 9.73. The standard InChI is InChI=1S/C16H18ClN3O3S/c1-15(2,3)16(18,12(21)20-14-19-9-11(17)24-14)13(22)23-10-7-5-4-6-8-10/h4-9H,18H2,1-3H3,(H,19,20,21). The van der Waals surface area contributed by atoms with Crippen LogP contribution in [0.15, 0.2) is 36.5 Å². The molecule has 8 heteroatoms. The molecule has 3 N–H and O–H groups in total. The van der Waals surface area contributed by atoms with Gasteiger partial charge in [-0.25, -0.2) is 9.78 Å². The normalized spacial score (nSPS) is 13.9. The lowest BCUT2D eigenvalue weighted by molar-refractivity contribution is -0.150. The second-order valence-electron chi connectivity index (χ2n) is 6.18. The topological polar surface area (TPSA) is 94.3 Å². The molecule has 1 aromatic carbocycles. The van der Waals surface area contributed by atoms with Crippen LogP contribution in [0.25, 0.3) is 0 Å². The van der Waals surface area contributed by atoms with E-state index in [2.05, 4.69) is 10.3 Å². The summed E-state index contributed by atoms with van der Waals surface area (Å²) in [6.07, 6.45) is 1.40. The first-order valence-corrected chi connectivity index (χ1v) is 8.33. The summed E-state index contributed by atoms with van der Waals surface area (Å²) in [4.78, 5) is 29.3. The molecule has 0 aliphatic carbocycles. The summed E-state index contributed by atoms with van der Waals surface area (Å²) < 4.78 is 5.71. The summed E-state index contributed by atoms with van der Waals surface area (Å²) in [6.45, 7) is 5.06. The van der Waals surface area contributed by atoms with Gasteiger partial charge in [-0.15, -0.1) is 0 Å². The molecule has 0 saturated heterocycles.